The molecule has 0 aliphatic carbocycles. The molecule has 162 valence electrons. The molecule has 0 saturated carbocycles. The number of carbonyl (C=O) groups excluding carboxylic acids is 2. The molecule has 0 spiro atoms. The summed E-state index contributed by atoms with van der Waals surface area (Å²) < 4.78 is 10.3. The second-order valence-electron chi connectivity index (χ2n) is 7.11. The Bertz CT molecular complexity index is 695. The number of amides is 2. The van der Waals surface area contributed by atoms with Gasteiger partial charge < -0.3 is 19.5 Å². The van der Waals surface area contributed by atoms with E-state index in [-0.39, 0.29) is 11.8 Å². The quantitative estimate of drug-likeness (QED) is 0.320. The Balaban J connectivity index is 1.33. The van der Waals surface area contributed by atoms with Gasteiger partial charge in [-0.25, -0.2) is 0 Å². The Hall–Kier alpha value is -3.02. The van der Waals surface area contributed by atoms with Gasteiger partial charge >= 0.3 is 0 Å². The van der Waals surface area contributed by atoms with Gasteiger partial charge in [-0.05, 0) is 49.3 Å². The fourth-order valence-electron chi connectivity index (χ4n) is 2.94. The highest BCUT2D eigenvalue weighted by Crippen LogP contribution is 2.08. The number of hydrogen-bond acceptors (Lipinski definition) is 4. The van der Waals surface area contributed by atoms with E-state index in [1.54, 1.807) is 48.9 Å². The minimum absolute atomic E-state index is 0.0880. The van der Waals surface area contributed by atoms with E-state index < -0.39 is 0 Å². The average molecular weight is 413 g/mol. The fraction of sp³-hybridized carbons (Fsp3) is 0.417. The maximum Gasteiger partial charge on any atom is 0.244 e. The summed E-state index contributed by atoms with van der Waals surface area (Å²) >= 11 is 0. The molecule has 2 amide bonds. The summed E-state index contributed by atoms with van der Waals surface area (Å²) in [7, 11) is 0. The molecule has 0 aliphatic rings. The molecule has 2 N–H and O–H groups in total. The third-order valence-electron chi connectivity index (χ3n) is 4.59. The monoisotopic (exact) mass is 412 g/mol. The molecule has 0 saturated heterocycles. The van der Waals surface area contributed by atoms with Crippen LogP contribution < -0.4 is 10.6 Å². The van der Waals surface area contributed by atoms with Crippen molar-refractivity contribution in [1.82, 2.24) is 10.6 Å². The highest BCUT2D eigenvalue weighted by molar-refractivity contribution is 5.91. The molecule has 0 aliphatic heterocycles. The molecule has 0 unspecified atom stereocenters. The summed E-state index contributed by atoms with van der Waals surface area (Å²) in [5.74, 6) is 1.17. The van der Waals surface area contributed by atoms with Gasteiger partial charge in [0.25, 0.3) is 0 Å². The Kier molecular flexibility index (Phi) is 11.6. The third kappa shape index (κ3) is 11.1. The molecular weight excluding hydrogens is 380 g/mol. The molecule has 0 radical (unpaired) electrons. The third-order valence-corrected chi connectivity index (χ3v) is 4.59. The topological polar surface area (TPSA) is 84.5 Å². The zero-order valence-corrected chi connectivity index (χ0v) is 17.5. The highest BCUT2D eigenvalue weighted by atomic mass is 16.3. The van der Waals surface area contributed by atoms with Gasteiger partial charge in [0, 0.05) is 25.2 Å². The summed E-state index contributed by atoms with van der Waals surface area (Å²) in [6.45, 7) is 1.41. The zero-order chi connectivity index (χ0) is 21.3. The van der Waals surface area contributed by atoms with Gasteiger partial charge in [-0.3, -0.25) is 9.59 Å². The standard InChI is InChI=1S/C24H32N2O4/c27-23(15-13-21-11-9-19-29-21)25-17-7-5-3-1-2-4-6-8-18-26-24(28)16-14-22-12-10-20-30-22/h9-16,19-20H,1-8,17-18H2,(H,25,27)(H,26,28). The van der Waals surface area contributed by atoms with Crippen molar-refractivity contribution in [1.29, 1.82) is 0 Å². The Morgan fingerprint density at radius 1 is 0.667 bits per heavy atom. The van der Waals surface area contributed by atoms with Crippen molar-refractivity contribution in [2.24, 2.45) is 0 Å². The van der Waals surface area contributed by atoms with Crippen LogP contribution in [-0.2, 0) is 9.59 Å². The van der Waals surface area contributed by atoms with Crippen LogP contribution in [0.5, 0.6) is 0 Å². The van der Waals surface area contributed by atoms with Crippen LogP contribution in [0.3, 0.4) is 0 Å². The molecular formula is C24H32N2O4. The maximum absolute atomic E-state index is 11.7. The van der Waals surface area contributed by atoms with Crippen LogP contribution in [0.25, 0.3) is 12.2 Å². The van der Waals surface area contributed by atoms with E-state index in [0.29, 0.717) is 24.6 Å². The van der Waals surface area contributed by atoms with E-state index in [0.717, 1.165) is 25.7 Å². The summed E-state index contributed by atoms with van der Waals surface area (Å²) in [4.78, 5) is 23.3. The first-order valence-corrected chi connectivity index (χ1v) is 10.7. The molecule has 2 aromatic heterocycles. The fourth-order valence-corrected chi connectivity index (χ4v) is 2.94. The Morgan fingerprint density at radius 2 is 1.07 bits per heavy atom. The van der Waals surface area contributed by atoms with Crippen LogP contribution in [0.2, 0.25) is 0 Å². The molecule has 2 rings (SSSR count). The lowest BCUT2D eigenvalue weighted by molar-refractivity contribution is -0.117. The first-order valence-electron chi connectivity index (χ1n) is 10.7. The van der Waals surface area contributed by atoms with E-state index in [9.17, 15) is 9.59 Å². The van der Waals surface area contributed by atoms with Crippen LogP contribution in [-0.4, -0.2) is 24.9 Å². The largest absolute Gasteiger partial charge is 0.465 e. The van der Waals surface area contributed by atoms with Gasteiger partial charge in [-0.15, -0.1) is 0 Å². The van der Waals surface area contributed by atoms with Crippen LogP contribution in [0.1, 0.15) is 62.9 Å². The summed E-state index contributed by atoms with van der Waals surface area (Å²) in [5, 5.41) is 5.77. The van der Waals surface area contributed by atoms with Gasteiger partial charge in [-0.2, -0.15) is 0 Å². The smallest absolute Gasteiger partial charge is 0.244 e. The van der Waals surface area contributed by atoms with Crippen molar-refractivity contribution in [3.05, 3.63) is 60.5 Å². The number of unbranched alkanes of at least 4 members (excludes halogenated alkanes) is 7. The molecule has 2 aromatic rings. The van der Waals surface area contributed by atoms with Crippen molar-refractivity contribution in [2.75, 3.05) is 13.1 Å². The SMILES string of the molecule is O=C(C=Cc1ccco1)NCCCCCCCCCCNC(=O)C=Cc1ccco1. The van der Waals surface area contributed by atoms with Gasteiger partial charge in [-0.1, -0.05) is 38.5 Å². The molecule has 0 fully saturated rings. The lowest BCUT2D eigenvalue weighted by Gasteiger charge is -2.04. The summed E-state index contributed by atoms with van der Waals surface area (Å²) in [5.41, 5.74) is 0. The number of furan rings is 2. The van der Waals surface area contributed by atoms with E-state index in [2.05, 4.69) is 10.6 Å². The Morgan fingerprint density at radius 3 is 1.43 bits per heavy atom. The van der Waals surface area contributed by atoms with E-state index in [4.69, 9.17) is 8.83 Å². The van der Waals surface area contributed by atoms with E-state index >= 15 is 0 Å². The second kappa shape index (κ2) is 14.9. The molecule has 2 heterocycles. The van der Waals surface area contributed by atoms with Crippen molar-refractivity contribution in [3.8, 4) is 0 Å². The second-order valence-corrected chi connectivity index (χ2v) is 7.11. The Labute approximate surface area is 178 Å². The van der Waals surface area contributed by atoms with Gasteiger partial charge in [0.05, 0.1) is 12.5 Å². The highest BCUT2D eigenvalue weighted by Gasteiger charge is 1.98. The molecule has 6 heteroatoms. The van der Waals surface area contributed by atoms with Gasteiger partial charge in [0.15, 0.2) is 0 Å². The molecule has 0 bridgehead atoms. The van der Waals surface area contributed by atoms with E-state index in [1.165, 1.54) is 37.8 Å². The van der Waals surface area contributed by atoms with Crippen molar-refractivity contribution < 1.29 is 18.4 Å². The van der Waals surface area contributed by atoms with Gasteiger partial charge in [0.1, 0.15) is 11.5 Å². The molecule has 0 atom stereocenters. The minimum Gasteiger partial charge on any atom is -0.465 e. The van der Waals surface area contributed by atoms with Crippen LogP contribution in [0.4, 0.5) is 0 Å². The number of rotatable bonds is 15. The molecule has 6 nitrogen and oxygen atoms in total. The molecule has 0 aromatic carbocycles. The normalized spacial score (nSPS) is 11.3. The number of carbonyl (C=O) groups is 2. The van der Waals surface area contributed by atoms with Crippen molar-refractivity contribution >= 4 is 24.0 Å². The predicted molar refractivity (Wildman–Crippen MR) is 118 cm³/mol. The first kappa shape index (κ1) is 23.3. The summed E-state index contributed by atoms with van der Waals surface area (Å²) in [6, 6.07) is 7.19. The van der Waals surface area contributed by atoms with Crippen LogP contribution in [0, 0.1) is 0 Å². The summed E-state index contributed by atoms with van der Waals surface area (Å²) in [6.07, 6.45) is 18.5. The number of nitrogens with one attached hydrogen (secondary N) is 2. The number of hydrogen-bond donors (Lipinski definition) is 2. The zero-order valence-electron chi connectivity index (χ0n) is 17.5. The van der Waals surface area contributed by atoms with Crippen LogP contribution >= 0.6 is 0 Å². The van der Waals surface area contributed by atoms with Crippen molar-refractivity contribution in [2.45, 2.75) is 51.4 Å². The predicted octanol–water partition coefficient (Wildman–Crippen LogP) is 4.95. The minimum atomic E-state index is -0.0880. The van der Waals surface area contributed by atoms with Crippen molar-refractivity contribution in [3.63, 3.8) is 0 Å². The van der Waals surface area contributed by atoms with Gasteiger partial charge in [0.2, 0.25) is 11.8 Å². The molecule has 30 heavy (non-hydrogen) atoms. The average Bonchev–Trinajstić information content (AvgIpc) is 3.45. The maximum atomic E-state index is 11.7. The lowest BCUT2D eigenvalue weighted by Crippen LogP contribution is -2.22. The lowest BCUT2D eigenvalue weighted by atomic mass is 10.1. The first-order chi connectivity index (χ1) is 14.7. The van der Waals surface area contributed by atoms with Crippen LogP contribution in [0.15, 0.2) is 57.8 Å². The van der Waals surface area contributed by atoms with E-state index in [1.807, 2.05) is 0 Å².